The molecule has 0 amide bonds. The molecule has 3 rings (SSSR count). The molecule has 132 valence electrons. The van der Waals surface area contributed by atoms with Crippen LogP contribution in [0.1, 0.15) is 16.7 Å². The summed E-state index contributed by atoms with van der Waals surface area (Å²) in [5.74, 6) is 0. The molecule has 4 heteroatoms. The van der Waals surface area contributed by atoms with Crippen molar-refractivity contribution in [1.29, 1.82) is 0 Å². The van der Waals surface area contributed by atoms with Crippen LogP contribution >= 0.6 is 12.2 Å². The number of aryl methyl sites for hydroxylation is 2. The van der Waals surface area contributed by atoms with E-state index in [-0.39, 0.29) is 0 Å². The molecule has 0 spiro atoms. The summed E-state index contributed by atoms with van der Waals surface area (Å²) in [5, 5.41) is 5.94. The molecule has 0 aromatic heterocycles. The predicted molar refractivity (Wildman–Crippen MR) is 114 cm³/mol. The highest BCUT2D eigenvalue weighted by Crippen LogP contribution is 2.18. The molecular formula is C22H23N3S. The Labute approximate surface area is 160 Å². The minimum absolute atomic E-state index is 0.568. The average molecular weight is 362 g/mol. The number of hydrogen-bond donors (Lipinski definition) is 2. The van der Waals surface area contributed by atoms with Crippen molar-refractivity contribution in [2.45, 2.75) is 20.4 Å². The summed E-state index contributed by atoms with van der Waals surface area (Å²) < 4.78 is 0. The fourth-order valence-electron chi connectivity index (χ4n) is 2.71. The zero-order valence-electron chi connectivity index (χ0n) is 15.1. The summed E-state index contributed by atoms with van der Waals surface area (Å²) in [6.45, 7) is 4.86. The maximum absolute atomic E-state index is 5.57. The molecule has 0 heterocycles. The van der Waals surface area contributed by atoms with E-state index in [1.54, 1.807) is 0 Å². The number of nitrogens with zero attached hydrogens (tertiary/aromatic N) is 1. The summed E-state index contributed by atoms with van der Waals surface area (Å²) in [6, 6.07) is 26.8. The Morgan fingerprint density at radius 1 is 0.885 bits per heavy atom. The van der Waals surface area contributed by atoms with Gasteiger partial charge >= 0.3 is 0 Å². The second-order valence-electron chi connectivity index (χ2n) is 6.29. The fourth-order valence-corrected chi connectivity index (χ4v) is 2.93. The number of hydrazine groups is 1. The van der Waals surface area contributed by atoms with Crippen molar-refractivity contribution in [3.63, 3.8) is 0 Å². The highest BCUT2D eigenvalue weighted by molar-refractivity contribution is 7.80. The smallest absolute Gasteiger partial charge is 0.189 e. The van der Waals surface area contributed by atoms with Crippen molar-refractivity contribution in [3.8, 4) is 0 Å². The zero-order valence-corrected chi connectivity index (χ0v) is 15.9. The van der Waals surface area contributed by atoms with Gasteiger partial charge in [0, 0.05) is 5.69 Å². The molecule has 0 atom stereocenters. The van der Waals surface area contributed by atoms with E-state index in [4.69, 9.17) is 12.2 Å². The molecule has 26 heavy (non-hydrogen) atoms. The van der Waals surface area contributed by atoms with Crippen molar-refractivity contribution >= 4 is 28.7 Å². The average Bonchev–Trinajstić information content (AvgIpc) is 2.66. The van der Waals surface area contributed by atoms with Gasteiger partial charge in [-0.25, -0.2) is 0 Å². The number of benzene rings is 3. The zero-order chi connectivity index (χ0) is 18.4. The van der Waals surface area contributed by atoms with Crippen LogP contribution in [0.3, 0.4) is 0 Å². The predicted octanol–water partition coefficient (Wildman–Crippen LogP) is 5.21. The van der Waals surface area contributed by atoms with Crippen LogP contribution in [0.4, 0.5) is 11.4 Å². The quantitative estimate of drug-likeness (QED) is 0.482. The minimum atomic E-state index is 0.568. The largest absolute Gasteiger partial charge is 0.331 e. The third kappa shape index (κ3) is 4.83. The maximum Gasteiger partial charge on any atom is 0.189 e. The summed E-state index contributed by atoms with van der Waals surface area (Å²) in [7, 11) is 0. The highest BCUT2D eigenvalue weighted by atomic mass is 32.1. The standard InChI is InChI=1S/C22H23N3S/c1-17-13-14-18(2)21(15-17)23-22(26)24-25(20-11-7-4-8-12-20)16-19-9-5-3-6-10-19/h3-15H,16H2,1-2H3,(H2,23,24,26). The normalized spacial score (nSPS) is 10.2. The van der Waals surface area contributed by atoms with Gasteiger partial charge in [-0.05, 0) is 61.0 Å². The lowest BCUT2D eigenvalue weighted by Gasteiger charge is -2.27. The molecule has 0 unspecified atom stereocenters. The van der Waals surface area contributed by atoms with Crippen LogP contribution in [0.5, 0.6) is 0 Å². The van der Waals surface area contributed by atoms with Gasteiger partial charge in [0.05, 0.1) is 12.2 Å². The molecule has 0 radical (unpaired) electrons. The van der Waals surface area contributed by atoms with Gasteiger partial charge in [0.1, 0.15) is 0 Å². The third-order valence-corrected chi connectivity index (χ3v) is 4.32. The molecule has 0 aliphatic carbocycles. The topological polar surface area (TPSA) is 27.3 Å². The summed E-state index contributed by atoms with van der Waals surface area (Å²) in [5.41, 5.74) is 8.98. The second kappa shape index (κ2) is 8.50. The van der Waals surface area contributed by atoms with E-state index in [0.717, 1.165) is 16.9 Å². The Balaban J connectivity index is 1.76. The molecule has 2 N–H and O–H groups in total. The van der Waals surface area contributed by atoms with E-state index in [2.05, 4.69) is 72.1 Å². The Kier molecular flexibility index (Phi) is 5.87. The fraction of sp³-hybridized carbons (Fsp3) is 0.136. The van der Waals surface area contributed by atoms with Crippen LogP contribution in [-0.2, 0) is 6.54 Å². The Hall–Kier alpha value is -2.85. The van der Waals surface area contributed by atoms with Crippen molar-refractivity contribution in [3.05, 3.63) is 95.6 Å². The lowest BCUT2D eigenvalue weighted by atomic mass is 10.1. The molecule has 0 bridgehead atoms. The Bertz CT molecular complexity index is 863. The van der Waals surface area contributed by atoms with Crippen molar-refractivity contribution in [2.24, 2.45) is 0 Å². The van der Waals surface area contributed by atoms with Gasteiger partial charge in [-0.1, -0.05) is 60.7 Å². The molecule has 0 aliphatic rings. The van der Waals surface area contributed by atoms with Crippen molar-refractivity contribution in [1.82, 2.24) is 5.43 Å². The summed E-state index contributed by atoms with van der Waals surface area (Å²) in [6.07, 6.45) is 0. The van der Waals surface area contributed by atoms with Crippen molar-refractivity contribution in [2.75, 3.05) is 10.3 Å². The van der Waals surface area contributed by atoms with Gasteiger partial charge < -0.3 is 5.32 Å². The number of para-hydroxylation sites is 1. The first-order valence-electron chi connectivity index (χ1n) is 8.63. The molecular weight excluding hydrogens is 338 g/mol. The molecule has 0 saturated carbocycles. The second-order valence-corrected chi connectivity index (χ2v) is 6.70. The van der Waals surface area contributed by atoms with Gasteiger partial charge in [-0.2, -0.15) is 0 Å². The number of rotatable bonds is 5. The lowest BCUT2D eigenvalue weighted by molar-refractivity contribution is 0.769. The molecule has 0 fully saturated rings. The van der Waals surface area contributed by atoms with Crippen molar-refractivity contribution < 1.29 is 0 Å². The van der Waals surface area contributed by atoms with Gasteiger partial charge in [0.25, 0.3) is 0 Å². The van der Waals surface area contributed by atoms with Crippen LogP contribution in [-0.4, -0.2) is 5.11 Å². The number of hydrogen-bond acceptors (Lipinski definition) is 2. The van der Waals surface area contributed by atoms with Crippen LogP contribution in [0.15, 0.2) is 78.9 Å². The number of nitrogens with one attached hydrogen (secondary N) is 2. The monoisotopic (exact) mass is 361 g/mol. The first-order chi connectivity index (χ1) is 12.6. The molecule has 3 aromatic rings. The number of anilines is 2. The van der Waals surface area contributed by atoms with Gasteiger partial charge in [-0.15, -0.1) is 0 Å². The molecule has 3 nitrogen and oxygen atoms in total. The molecule has 3 aromatic carbocycles. The Morgan fingerprint density at radius 3 is 2.23 bits per heavy atom. The van der Waals surface area contributed by atoms with E-state index in [1.165, 1.54) is 11.1 Å². The first kappa shape index (κ1) is 18.0. The first-order valence-corrected chi connectivity index (χ1v) is 9.04. The van der Waals surface area contributed by atoms with Crippen LogP contribution in [0.2, 0.25) is 0 Å². The van der Waals surface area contributed by atoms with Crippen LogP contribution < -0.4 is 15.8 Å². The van der Waals surface area contributed by atoms with E-state index >= 15 is 0 Å². The van der Waals surface area contributed by atoms with Crippen LogP contribution in [0.25, 0.3) is 0 Å². The van der Waals surface area contributed by atoms with E-state index < -0.39 is 0 Å². The minimum Gasteiger partial charge on any atom is -0.331 e. The maximum atomic E-state index is 5.57. The molecule has 0 saturated heterocycles. The van der Waals surface area contributed by atoms with E-state index in [9.17, 15) is 0 Å². The SMILES string of the molecule is Cc1ccc(C)c(NC(=S)NN(Cc2ccccc2)c2ccccc2)c1. The lowest BCUT2D eigenvalue weighted by Crippen LogP contribution is -2.44. The summed E-state index contributed by atoms with van der Waals surface area (Å²) in [4.78, 5) is 0. The van der Waals surface area contributed by atoms with E-state index in [0.29, 0.717) is 11.7 Å². The third-order valence-electron chi connectivity index (χ3n) is 4.13. The van der Waals surface area contributed by atoms with Gasteiger partial charge in [0.15, 0.2) is 5.11 Å². The summed E-state index contributed by atoms with van der Waals surface area (Å²) >= 11 is 5.57. The number of thiocarbonyl (C=S) groups is 1. The Morgan fingerprint density at radius 2 is 1.54 bits per heavy atom. The van der Waals surface area contributed by atoms with Gasteiger partial charge in [0.2, 0.25) is 0 Å². The van der Waals surface area contributed by atoms with Crippen LogP contribution in [0, 0.1) is 13.8 Å². The van der Waals surface area contributed by atoms with E-state index in [1.807, 2.05) is 36.4 Å². The molecule has 0 aliphatic heterocycles. The van der Waals surface area contributed by atoms with Gasteiger partial charge in [-0.3, -0.25) is 10.4 Å². The highest BCUT2D eigenvalue weighted by Gasteiger charge is 2.10.